The van der Waals surface area contributed by atoms with Crippen LogP contribution in [0.1, 0.15) is 23.6 Å². The molecule has 1 heterocycles. The third kappa shape index (κ3) is 3.40. The zero-order chi connectivity index (χ0) is 16.1. The number of aliphatic hydroxyl groups excluding tert-OH is 1. The first-order valence-corrected chi connectivity index (χ1v) is 7.04. The van der Waals surface area contributed by atoms with Gasteiger partial charge in [-0.05, 0) is 24.5 Å². The van der Waals surface area contributed by atoms with Gasteiger partial charge in [0.1, 0.15) is 0 Å². The molecule has 1 aromatic carbocycles. The third-order valence-corrected chi connectivity index (χ3v) is 3.57. The van der Waals surface area contributed by atoms with E-state index in [0.717, 1.165) is 11.1 Å². The molecule has 0 spiro atoms. The fraction of sp³-hybridized carbons (Fsp3) is 0.312. The van der Waals surface area contributed by atoms with Crippen LogP contribution in [0.25, 0.3) is 0 Å². The zero-order valence-corrected chi connectivity index (χ0v) is 12.6. The highest BCUT2D eigenvalue weighted by molar-refractivity contribution is 5.59. The van der Waals surface area contributed by atoms with E-state index in [0.29, 0.717) is 12.2 Å². The number of aliphatic hydroxyl groups is 1. The summed E-state index contributed by atoms with van der Waals surface area (Å²) >= 11 is 0. The molecule has 6 heteroatoms. The van der Waals surface area contributed by atoms with Gasteiger partial charge in [-0.1, -0.05) is 30.3 Å². The van der Waals surface area contributed by atoms with Gasteiger partial charge in [0.2, 0.25) is 5.82 Å². The molecule has 0 amide bonds. The van der Waals surface area contributed by atoms with Crippen LogP contribution >= 0.6 is 0 Å². The molecule has 22 heavy (non-hydrogen) atoms. The van der Waals surface area contributed by atoms with Gasteiger partial charge in [-0.25, -0.2) is 4.98 Å². The Labute approximate surface area is 129 Å². The molecule has 0 fully saturated rings. The summed E-state index contributed by atoms with van der Waals surface area (Å²) in [5, 5.41) is 20.6. The second-order valence-corrected chi connectivity index (χ2v) is 5.16. The molecule has 2 rings (SSSR count). The van der Waals surface area contributed by atoms with Gasteiger partial charge in [0, 0.05) is 25.9 Å². The molecule has 0 aliphatic rings. The van der Waals surface area contributed by atoms with Crippen molar-refractivity contribution in [2.24, 2.45) is 0 Å². The van der Waals surface area contributed by atoms with Gasteiger partial charge >= 0.3 is 5.69 Å². The third-order valence-electron chi connectivity index (χ3n) is 3.57. The molecule has 1 atom stereocenters. The largest absolute Gasteiger partial charge is 0.396 e. The van der Waals surface area contributed by atoms with Crippen LogP contribution in [-0.4, -0.2) is 28.7 Å². The normalized spacial score (nSPS) is 12.0. The molecular formula is C16H19N3O3. The molecule has 0 saturated carbocycles. The average Bonchev–Trinajstić information content (AvgIpc) is 2.52. The Balaban J connectivity index is 2.43. The molecule has 0 aliphatic carbocycles. The first kappa shape index (κ1) is 15.9. The minimum atomic E-state index is -0.424. The quantitative estimate of drug-likeness (QED) is 0.655. The molecule has 1 aromatic heterocycles. The number of pyridine rings is 1. The molecular weight excluding hydrogens is 282 g/mol. The predicted molar refractivity (Wildman–Crippen MR) is 84.9 cm³/mol. The van der Waals surface area contributed by atoms with Crippen molar-refractivity contribution in [1.29, 1.82) is 0 Å². The van der Waals surface area contributed by atoms with Crippen LogP contribution in [0.4, 0.5) is 11.5 Å². The van der Waals surface area contributed by atoms with E-state index in [1.54, 1.807) is 25.1 Å². The Morgan fingerprint density at radius 2 is 2.05 bits per heavy atom. The summed E-state index contributed by atoms with van der Waals surface area (Å²) in [5.74, 6) is 0.304. The van der Waals surface area contributed by atoms with Crippen molar-refractivity contribution in [2.45, 2.75) is 19.4 Å². The van der Waals surface area contributed by atoms with Crippen molar-refractivity contribution in [3.8, 4) is 0 Å². The van der Waals surface area contributed by atoms with Crippen molar-refractivity contribution in [2.75, 3.05) is 18.6 Å². The lowest BCUT2D eigenvalue weighted by molar-refractivity contribution is -0.384. The van der Waals surface area contributed by atoms with Crippen LogP contribution < -0.4 is 4.90 Å². The number of nitro groups is 1. The second-order valence-electron chi connectivity index (χ2n) is 5.16. The number of aromatic nitrogens is 1. The van der Waals surface area contributed by atoms with Crippen LogP contribution in [0.5, 0.6) is 0 Å². The number of aryl methyl sites for hydroxylation is 1. The minimum absolute atomic E-state index is 0.0104. The van der Waals surface area contributed by atoms with E-state index >= 15 is 0 Å². The molecule has 0 radical (unpaired) electrons. The lowest BCUT2D eigenvalue weighted by Gasteiger charge is -2.29. The summed E-state index contributed by atoms with van der Waals surface area (Å²) in [7, 11) is 1.76. The molecule has 6 nitrogen and oxygen atoms in total. The van der Waals surface area contributed by atoms with E-state index in [4.69, 9.17) is 0 Å². The van der Waals surface area contributed by atoms with Crippen molar-refractivity contribution in [3.63, 3.8) is 0 Å². The summed E-state index contributed by atoms with van der Waals surface area (Å²) < 4.78 is 0. The molecule has 1 N–H and O–H groups in total. The summed E-state index contributed by atoms with van der Waals surface area (Å²) in [4.78, 5) is 16.8. The summed E-state index contributed by atoms with van der Waals surface area (Å²) in [6.07, 6.45) is 2.08. The summed E-state index contributed by atoms with van der Waals surface area (Å²) in [6.45, 7) is 1.76. The molecule has 116 valence electrons. The Kier molecular flexibility index (Phi) is 5.06. The number of hydrogen-bond acceptors (Lipinski definition) is 5. The molecule has 2 aromatic rings. The number of benzene rings is 1. The Bertz CT molecular complexity index is 646. The van der Waals surface area contributed by atoms with Crippen LogP contribution in [0.15, 0.2) is 42.6 Å². The lowest BCUT2D eigenvalue weighted by atomic mass is 10.0. The maximum atomic E-state index is 11.3. The van der Waals surface area contributed by atoms with Crippen molar-refractivity contribution < 1.29 is 10.0 Å². The highest BCUT2D eigenvalue weighted by atomic mass is 16.6. The highest BCUT2D eigenvalue weighted by Crippen LogP contribution is 2.33. The van der Waals surface area contributed by atoms with Crippen LogP contribution in [0, 0.1) is 17.0 Å². The van der Waals surface area contributed by atoms with Crippen LogP contribution in [0.3, 0.4) is 0 Å². The SMILES string of the molecule is Cc1cnc(N(C)[C@H](CCO)c2ccccc2)c([N+](=O)[O-])c1. The fourth-order valence-electron chi connectivity index (χ4n) is 2.48. The lowest BCUT2D eigenvalue weighted by Crippen LogP contribution is -2.26. The van der Waals surface area contributed by atoms with Gasteiger partial charge in [-0.15, -0.1) is 0 Å². The van der Waals surface area contributed by atoms with E-state index in [1.807, 2.05) is 30.3 Å². The molecule has 0 aliphatic heterocycles. The van der Waals surface area contributed by atoms with E-state index in [1.165, 1.54) is 6.07 Å². The van der Waals surface area contributed by atoms with E-state index in [9.17, 15) is 15.2 Å². The maximum absolute atomic E-state index is 11.3. The Morgan fingerprint density at radius 3 is 2.64 bits per heavy atom. The first-order valence-electron chi connectivity index (χ1n) is 7.04. The Hall–Kier alpha value is -2.47. The van der Waals surface area contributed by atoms with E-state index in [2.05, 4.69) is 4.98 Å². The van der Waals surface area contributed by atoms with Crippen molar-refractivity contribution in [3.05, 3.63) is 63.8 Å². The maximum Gasteiger partial charge on any atom is 0.311 e. The smallest absolute Gasteiger partial charge is 0.311 e. The fourth-order valence-corrected chi connectivity index (χ4v) is 2.48. The van der Waals surface area contributed by atoms with Gasteiger partial charge in [0.05, 0.1) is 11.0 Å². The highest BCUT2D eigenvalue weighted by Gasteiger charge is 2.25. The van der Waals surface area contributed by atoms with Gasteiger partial charge in [-0.2, -0.15) is 0 Å². The van der Waals surface area contributed by atoms with Gasteiger partial charge in [-0.3, -0.25) is 10.1 Å². The van der Waals surface area contributed by atoms with Crippen molar-refractivity contribution >= 4 is 11.5 Å². The summed E-state index contributed by atoms with van der Waals surface area (Å²) in [5.41, 5.74) is 1.69. The molecule has 0 saturated heterocycles. The number of nitrogens with zero attached hydrogens (tertiary/aromatic N) is 3. The van der Waals surface area contributed by atoms with Crippen LogP contribution in [-0.2, 0) is 0 Å². The predicted octanol–water partition coefficient (Wildman–Crippen LogP) is 2.86. The number of hydrogen-bond donors (Lipinski definition) is 1. The monoisotopic (exact) mass is 301 g/mol. The second kappa shape index (κ2) is 7.00. The number of rotatable bonds is 6. The number of anilines is 1. The topological polar surface area (TPSA) is 79.5 Å². The minimum Gasteiger partial charge on any atom is -0.396 e. The van der Waals surface area contributed by atoms with Gasteiger partial charge < -0.3 is 10.0 Å². The van der Waals surface area contributed by atoms with Gasteiger partial charge in [0.25, 0.3) is 0 Å². The van der Waals surface area contributed by atoms with E-state index in [-0.39, 0.29) is 18.3 Å². The average molecular weight is 301 g/mol. The first-order chi connectivity index (χ1) is 10.5. The molecule has 0 bridgehead atoms. The zero-order valence-electron chi connectivity index (χ0n) is 12.6. The van der Waals surface area contributed by atoms with Crippen molar-refractivity contribution in [1.82, 2.24) is 4.98 Å². The standard InChI is InChI=1S/C16H19N3O3/c1-12-10-15(19(21)22)16(17-11-12)18(2)14(8-9-20)13-6-4-3-5-7-13/h3-7,10-11,14,20H,8-9H2,1-2H3/t14-/m1/s1. The van der Waals surface area contributed by atoms with Gasteiger partial charge in [0.15, 0.2) is 0 Å². The Morgan fingerprint density at radius 1 is 1.36 bits per heavy atom. The summed E-state index contributed by atoms with van der Waals surface area (Å²) in [6, 6.07) is 10.9. The van der Waals surface area contributed by atoms with Crippen LogP contribution in [0.2, 0.25) is 0 Å². The molecule has 0 unspecified atom stereocenters. The van der Waals surface area contributed by atoms with E-state index < -0.39 is 4.92 Å².